The van der Waals surface area contributed by atoms with Crippen LogP contribution in [0.4, 0.5) is 5.69 Å². The van der Waals surface area contributed by atoms with Gasteiger partial charge in [-0.1, -0.05) is 60.4 Å². The fourth-order valence-corrected chi connectivity index (χ4v) is 4.83. The molecule has 0 aliphatic carbocycles. The number of nitrogens with one attached hydrogen (secondary N) is 1. The van der Waals surface area contributed by atoms with Crippen LogP contribution in [0.2, 0.25) is 0 Å². The molecule has 0 radical (unpaired) electrons. The van der Waals surface area contributed by atoms with E-state index in [-0.39, 0.29) is 18.4 Å². The zero-order valence-corrected chi connectivity index (χ0v) is 22.1. The van der Waals surface area contributed by atoms with Crippen LogP contribution >= 0.6 is 24.0 Å². The maximum atomic E-state index is 13.0. The molecular weight excluding hydrogens is 508 g/mol. The van der Waals surface area contributed by atoms with Crippen LogP contribution < -0.4 is 19.5 Å². The van der Waals surface area contributed by atoms with Crippen LogP contribution in [-0.4, -0.2) is 41.4 Å². The molecule has 0 atom stereocenters. The van der Waals surface area contributed by atoms with Crippen molar-refractivity contribution in [3.8, 4) is 17.2 Å². The number of carbonyl (C=O) groups excluding carboxylic acids is 2. The maximum absolute atomic E-state index is 13.0. The first kappa shape index (κ1) is 26.2. The number of hydrogen-bond acceptors (Lipinski definition) is 7. The normalized spacial score (nSPS) is 14.1. The van der Waals surface area contributed by atoms with Gasteiger partial charge in [-0.05, 0) is 60.5 Å². The SMILES string of the molecule is CCOc1cc(/C=C2\SC(=S)N(Cc3ccccc3)C2=O)ccc1OCC(=O)Nc1ccc(OC)cc1. The Morgan fingerprint density at radius 3 is 2.49 bits per heavy atom. The Balaban J connectivity index is 1.42. The molecule has 1 N–H and O–H groups in total. The van der Waals surface area contributed by atoms with Crippen LogP contribution in [0.5, 0.6) is 17.2 Å². The summed E-state index contributed by atoms with van der Waals surface area (Å²) in [6.07, 6.45) is 1.78. The summed E-state index contributed by atoms with van der Waals surface area (Å²) >= 11 is 6.73. The standard InChI is InChI=1S/C28H26N2O5S2/c1-3-34-24-15-20(16-25-27(32)30(28(36)37-25)17-19-7-5-4-6-8-19)9-14-23(24)35-18-26(31)29-21-10-12-22(33-2)13-11-21/h4-16H,3,17-18H2,1-2H3,(H,29,31)/b25-16-. The van der Waals surface area contributed by atoms with Gasteiger partial charge in [0.25, 0.3) is 11.8 Å². The lowest BCUT2D eigenvalue weighted by Gasteiger charge is -2.14. The number of ether oxygens (including phenoxy) is 3. The lowest BCUT2D eigenvalue weighted by atomic mass is 10.1. The number of thiocarbonyl (C=S) groups is 1. The highest BCUT2D eigenvalue weighted by atomic mass is 32.2. The molecule has 37 heavy (non-hydrogen) atoms. The van der Waals surface area contributed by atoms with Gasteiger partial charge in [-0.15, -0.1) is 0 Å². The monoisotopic (exact) mass is 534 g/mol. The van der Waals surface area contributed by atoms with E-state index in [1.807, 2.05) is 43.3 Å². The third-order valence-corrected chi connectivity index (χ3v) is 6.73. The average Bonchev–Trinajstić information content (AvgIpc) is 3.16. The van der Waals surface area contributed by atoms with Crippen molar-refractivity contribution in [2.45, 2.75) is 13.5 Å². The summed E-state index contributed by atoms with van der Waals surface area (Å²) in [5, 5.41) is 2.78. The van der Waals surface area contributed by atoms with Crippen LogP contribution in [0.15, 0.2) is 77.7 Å². The van der Waals surface area contributed by atoms with E-state index < -0.39 is 0 Å². The molecule has 190 valence electrons. The van der Waals surface area contributed by atoms with E-state index in [0.717, 1.165) is 11.1 Å². The van der Waals surface area contributed by atoms with E-state index >= 15 is 0 Å². The predicted octanol–water partition coefficient (Wildman–Crippen LogP) is 5.51. The number of benzene rings is 3. The molecule has 7 nitrogen and oxygen atoms in total. The second-order valence-corrected chi connectivity index (χ2v) is 9.63. The van der Waals surface area contributed by atoms with E-state index in [1.165, 1.54) is 11.8 Å². The Morgan fingerprint density at radius 2 is 1.78 bits per heavy atom. The minimum Gasteiger partial charge on any atom is -0.497 e. The van der Waals surface area contributed by atoms with E-state index in [0.29, 0.717) is 45.3 Å². The maximum Gasteiger partial charge on any atom is 0.266 e. The molecule has 3 aromatic carbocycles. The number of amides is 2. The van der Waals surface area contributed by atoms with Crippen molar-refractivity contribution < 1.29 is 23.8 Å². The molecular formula is C28H26N2O5S2. The Hall–Kier alpha value is -3.82. The molecule has 0 spiro atoms. The number of hydrogen-bond donors (Lipinski definition) is 1. The number of rotatable bonds is 10. The fourth-order valence-electron chi connectivity index (χ4n) is 3.57. The first-order valence-electron chi connectivity index (χ1n) is 11.6. The van der Waals surface area contributed by atoms with Crippen LogP contribution in [0, 0.1) is 0 Å². The molecule has 1 heterocycles. The number of nitrogens with zero attached hydrogens (tertiary/aromatic N) is 1. The molecule has 9 heteroatoms. The molecule has 2 amide bonds. The van der Waals surface area contributed by atoms with Crippen molar-refractivity contribution in [1.82, 2.24) is 4.90 Å². The lowest BCUT2D eigenvalue weighted by molar-refractivity contribution is -0.122. The molecule has 3 aromatic rings. The summed E-state index contributed by atoms with van der Waals surface area (Å²) in [6.45, 7) is 2.51. The molecule has 0 bridgehead atoms. The Labute approximate surface area is 225 Å². The van der Waals surface area contributed by atoms with Gasteiger partial charge >= 0.3 is 0 Å². The van der Waals surface area contributed by atoms with E-state index in [9.17, 15) is 9.59 Å². The number of carbonyl (C=O) groups is 2. The molecule has 1 saturated heterocycles. The van der Waals surface area contributed by atoms with Gasteiger partial charge in [0.15, 0.2) is 18.1 Å². The van der Waals surface area contributed by atoms with Crippen molar-refractivity contribution in [3.05, 3.63) is 88.8 Å². The summed E-state index contributed by atoms with van der Waals surface area (Å²) < 4.78 is 17.1. The van der Waals surface area contributed by atoms with E-state index in [2.05, 4.69) is 5.32 Å². The van der Waals surface area contributed by atoms with Crippen LogP contribution in [0.25, 0.3) is 6.08 Å². The van der Waals surface area contributed by atoms with Gasteiger partial charge in [0.1, 0.15) is 10.1 Å². The van der Waals surface area contributed by atoms with Gasteiger partial charge in [0.2, 0.25) is 0 Å². The van der Waals surface area contributed by atoms with Crippen LogP contribution in [0.3, 0.4) is 0 Å². The summed E-state index contributed by atoms with van der Waals surface area (Å²) in [6, 6.07) is 22.1. The van der Waals surface area contributed by atoms with Gasteiger partial charge in [-0.2, -0.15) is 0 Å². The van der Waals surface area contributed by atoms with Crippen molar-refractivity contribution in [2.75, 3.05) is 25.6 Å². The van der Waals surface area contributed by atoms with Crippen molar-refractivity contribution in [3.63, 3.8) is 0 Å². The van der Waals surface area contributed by atoms with Crippen LogP contribution in [0.1, 0.15) is 18.1 Å². The van der Waals surface area contributed by atoms with Crippen LogP contribution in [-0.2, 0) is 16.1 Å². The highest BCUT2D eigenvalue weighted by Crippen LogP contribution is 2.35. The molecule has 4 rings (SSSR count). The third kappa shape index (κ3) is 6.90. The highest BCUT2D eigenvalue weighted by molar-refractivity contribution is 8.26. The minimum absolute atomic E-state index is 0.132. The summed E-state index contributed by atoms with van der Waals surface area (Å²) in [5.41, 5.74) is 2.41. The second kappa shape index (κ2) is 12.4. The third-order valence-electron chi connectivity index (χ3n) is 5.36. The molecule has 0 aromatic heterocycles. The second-order valence-electron chi connectivity index (χ2n) is 7.96. The lowest BCUT2D eigenvalue weighted by Crippen LogP contribution is -2.27. The Morgan fingerprint density at radius 1 is 1.03 bits per heavy atom. The van der Waals surface area contributed by atoms with E-state index in [1.54, 1.807) is 54.5 Å². The number of anilines is 1. The van der Waals surface area contributed by atoms with Gasteiger partial charge in [0, 0.05) is 5.69 Å². The van der Waals surface area contributed by atoms with Crippen molar-refractivity contribution in [1.29, 1.82) is 0 Å². The first-order valence-corrected chi connectivity index (χ1v) is 12.8. The average molecular weight is 535 g/mol. The number of methoxy groups -OCH3 is 1. The molecule has 1 fully saturated rings. The zero-order chi connectivity index (χ0) is 26.2. The predicted molar refractivity (Wildman–Crippen MR) is 150 cm³/mol. The summed E-state index contributed by atoms with van der Waals surface area (Å²) in [4.78, 5) is 27.5. The Bertz CT molecular complexity index is 1310. The zero-order valence-electron chi connectivity index (χ0n) is 20.4. The largest absolute Gasteiger partial charge is 0.497 e. The smallest absolute Gasteiger partial charge is 0.266 e. The fraction of sp³-hybridized carbons (Fsp3) is 0.179. The Kier molecular flexibility index (Phi) is 8.81. The van der Waals surface area contributed by atoms with Gasteiger partial charge in [0.05, 0.1) is 25.2 Å². The molecule has 1 aliphatic heterocycles. The summed E-state index contributed by atoms with van der Waals surface area (Å²) in [7, 11) is 1.58. The molecule has 0 saturated carbocycles. The van der Waals surface area contributed by atoms with Crippen molar-refractivity contribution in [2.24, 2.45) is 0 Å². The topological polar surface area (TPSA) is 77.1 Å². The molecule has 1 aliphatic rings. The highest BCUT2D eigenvalue weighted by Gasteiger charge is 2.32. The van der Waals surface area contributed by atoms with Gasteiger partial charge in [-0.25, -0.2) is 0 Å². The van der Waals surface area contributed by atoms with Gasteiger partial charge in [-0.3, -0.25) is 14.5 Å². The number of thioether (sulfide) groups is 1. The summed E-state index contributed by atoms with van der Waals surface area (Å²) in [5.74, 6) is 1.17. The molecule has 0 unspecified atom stereocenters. The first-order chi connectivity index (χ1) is 18.0. The quantitative estimate of drug-likeness (QED) is 0.271. The van der Waals surface area contributed by atoms with Crippen molar-refractivity contribution >= 4 is 51.9 Å². The van der Waals surface area contributed by atoms with Gasteiger partial charge < -0.3 is 19.5 Å². The van der Waals surface area contributed by atoms with E-state index in [4.69, 9.17) is 26.4 Å². The minimum atomic E-state index is -0.307.